The second-order valence-electron chi connectivity index (χ2n) is 4.73. The molecule has 18 heavy (non-hydrogen) atoms. The highest BCUT2D eigenvalue weighted by atomic mass is 16.5. The molecule has 1 aromatic carbocycles. The van der Waals surface area contributed by atoms with Gasteiger partial charge in [0.05, 0.1) is 12.2 Å². The fourth-order valence-electron chi connectivity index (χ4n) is 1.50. The van der Waals surface area contributed by atoms with Crippen molar-refractivity contribution >= 4 is 5.84 Å². The van der Waals surface area contributed by atoms with Crippen molar-refractivity contribution in [2.75, 3.05) is 19.8 Å². The lowest BCUT2D eigenvalue weighted by atomic mass is 10.1. The molecular formula is C14H22N2O2. The maximum absolute atomic E-state index is 7.49. The summed E-state index contributed by atoms with van der Waals surface area (Å²) in [6.45, 7) is 7.94. The van der Waals surface area contributed by atoms with Crippen molar-refractivity contribution in [2.24, 2.45) is 11.7 Å². The molecule has 0 atom stereocenters. The number of benzene rings is 1. The van der Waals surface area contributed by atoms with Gasteiger partial charge in [0.2, 0.25) is 0 Å². The van der Waals surface area contributed by atoms with Gasteiger partial charge < -0.3 is 15.2 Å². The number of aryl methyl sites for hydroxylation is 1. The fourth-order valence-corrected chi connectivity index (χ4v) is 1.50. The fraction of sp³-hybridized carbons (Fsp3) is 0.500. The van der Waals surface area contributed by atoms with E-state index in [1.807, 2.05) is 25.1 Å². The number of rotatable bonds is 7. The summed E-state index contributed by atoms with van der Waals surface area (Å²) in [5.41, 5.74) is 7.22. The Morgan fingerprint density at radius 2 is 2.06 bits per heavy atom. The molecule has 0 saturated heterocycles. The van der Waals surface area contributed by atoms with Crippen LogP contribution in [0.2, 0.25) is 0 Å². The van der Waals surface area contributed by atoms with E-state index in [2.05, 4.69) is 13.8 Å². The summed E-state index contributed by atoms with van der Waals surface area (Å²) in [6, 6.07) is 5.61. The SMILES string of the molecule is Cc1ccc(C(=N)N)c(OCCOCC(C)C)c1. The van der Waals surface area contributed by atoms with Crippen molar-refractivity contribution in [3.8, 4) is 5.75 Å². The molecule has 0 spiro atoms. The molecule has 0 bridgehead atoms. The van der Waals surface area contributed by atoms with Gasteiger partial charge in [-0.2, -0.15) is 0 Å². The van der Waals surface area contributed by atoms with Gasteiger partial charge >= 0.3 is 0 Å². The van der Waals surface area contributed by atoms with Crippen molar-refractivity contribution in [1.29, 1.82) is 5.41 Å². The first-order chi connectivity index (χ1) is 8.50. The molecule has 1 rings (SSSR count). The molecule has 0 unspecified atom stereocenters. The van der Waals surface area contributed by atoms with E-state index in [4.69, 9.17) is 20.6 Å². The molecule has 4 heteroatoms. The Kier molecular flexibility index (Phi) is 5.65. The molecule has 3 N–H and O–H groups in total. The average Bonchev–Trinajstić information content (AvgIpc) is 2.27. The summed E-state index contributed by atoms with van der Waals surface area (Å²) in [4.78, 5) is 0. The molecule has 0 aliphatic carbocycles. The lowest BCUT2D eigenvalue weighted by Gasteiger charge is -2.12. The van der Waals surface area contributed by atoms with Crippen molar-refractivity contribution in [1.82, 2.24) is 0 Å². The van der Waals surface area contributed by atoms with E-state index in [1.54, 1.807) is 0 Å². The zero-order chi connectivity index (χ0) is 13.5. The van der Waals surface area contributed by atoms with E-state index in [0.29, 0.717) is 30.4 Å². The highest BCUT2D eigenvalue weighted by Gasteiger charge is 2.06. The highest BCUT2D eigenvalue weighted by molar-refractivity contribution is 5.97. The zero-order valence-electron chi connectivity index (χ0n) is 11.3. The highest BCUT2D eigenvalue weighted by Crippen LogP contribution is 2.19. The first-order valence-electron chi connectivity index (χ1n) is 6.16. The summed E-state index contributed by atoms with van der Waals surface area (Å²) in [6.07, 6.45) is 0. The van der Waals surface area contributed by atoms with Gasteiger partial charge in [-0.25, -0.2) is 0 Å². The van der Waals surface area contributed by atoms with Gasteiger partial charge in [-0.3, -0.25) is 5.41 Å². The maximum atomic E-state index is 7.49. The smallest absolute Gasteiger partial charge is 0.130 e. The van der Waals surface area contributed by atoms with Crippen LogP contribution in [0.4, 0.5) is 0 Å². The molecule has 100 valence electrons. The third kappa shape index (κ3) is 4.75. The largest absolute Gasteiger partial charge is 0.490 e. The quantitative estimate of drug-likeness (QED) is 0.443. The van der Waals surface area contributed by atoms with Crippen molar-refractivity contribution in [2.45, 2.75) is 20.8 Å². The molecule has 0 radical (unpaired) electrons. The predicted molar refractivity (Wildman–Crippen MR) is 73.3 cm³/mol. The molecule has 0 amide bonds. The topological polar surface area (TPSA) is 68.3 Å². The monoisotopic (exact) mass is 250 g/mol. The first-order valence-corrected chi connectivity index (χ1v) is 6.16. The number of amidine groups is 1. The number of nitrogen functional groups attached to an aromatic ring is 1. The molecule has 0 aromatic heterocycles. The molecule has 4 nitrogen and oxygen atoms in total. The molecule has 0 saturated carbocycles. The minimum absolute atomic E-state index is 0.0214. The first kappa shape index (κ1) is 14.5. The normalized spacial score (nSPS) is 10.7. The Labute approximate surface area is 109 Å². The third-order valence-corrected chi connectivity index (χ3v) is 2.36. The van der Waals surface area contributed by atoms with Gasteiger partial charge in [-0.15, -0.1) is 0 Å². The standard InChI is InChI=1S/C14H22N2O2/c1-10(2)9-17-6-7-18-13-8-11(3)4-5-12(13)14(15)16/h4-5,8,10H,6-7,9H2,1-3H3,(H3,15,16). The van der Waals surface area contributed by atoms with Crippen LogP contribution in [-0.2, 0) is 4.74 Å². The second-order valence-corrected chi connectivity index (χ2v) is 4.73. The van der Waals surface area contributed by atoms with Crippen molar-refractivity contribution in [3.05, 3.63) is 29.3 Å². The van der Waals surface area contributed by atoms with Gasteiger partial charge in [0.15, 0.2) is 0 Å². The number of nitrogens with one attached hydrogen (secondary N) is 1. The van der Waals surface area contributed by atoms with E-state index in [-0.39, 0.29) is 5.84 Å². The molecule has 1 aromatic rings. The molecule has 0 aliphatic heterocycles. The lowest BCUT2D eigenvalue weighted by Crippen LogP contribution is -2.15. The number of nitrogens with two attached hydrogens (primary N) is 1. The Morgan fingerprint density at radius 1 is 1.33 bits per heavy atom. The Bertz CT molecular complexity index is 403. The third-order valence-electron chi connectivity index (χ3n) is 2.36. The van der Waals surface area contributed by atoms with E-state index in [0.717, 1.165) is 12.2 Å². The maximum Gasteiger partial charge on any atom is 0.130 e. The summed E-state index contributed by atoms with van der Waals surface area (Å²) < 4.78 is 11.1. The van der Waals surface area contributed by atoms with E-state index in [1.165, 1.54) is 0 Å². The van der Waals surface area contributed by atoms with Crippen LogP contribution in [0.15, 0.2) is 18.2 Å². The summed E-state index contributed by atoms with van der Waals surface area (Å²) in [5, 5.41) is 7.49. The molecule has 0 heterocycles. The summed E-state index contributed by atoms with van der Waals surface area (Å²) >= 11 is 0. The second kappa shape index (κ2) is 7.01. The van der Waals surface area contributed by atoms with Gasteiger partial charge in [0.1, 0.15) is 18.2 Å². The number of ether oxygens (including phenoxy) is 2. The van der Waals surface area contributed by atoms with E-state index < -0.39 is 0 Å². The minimum Gasteiger partial charge on any atom is -0.490 e. The Morgan fingerprint density at radius 3 is 2.67 bits per heavy atom. The number of hydrogen-bond acceptors (Lipinski definition) is 3. The van der Waals surface area contributed by atoms with Crippen LogP contribution in [0.1, 0.15) is 25.0 Å². The summed E-state index contributed by atoms with van der Waals surface area (Å²) in [5.74, 6) is 1.19. The average molecular weight is 250 g/mol. The van der Waals surface area contributed by atoms with Gasteiger partial charge in [-0.05, 0) is 30.5 Å². The zero-order valence-corrected chi connectivity index (χ0v) is 11.3. The van der Waals surface area contributed by atoms with E-state index in [9.17, 15) is 0 Å². The Balaban J connectivity index is 2.50. The van der Waals surface area contributed by atoms with Crippen molar-refractivity contribution in [3.63, 3.8) is 0 Å². The van der Waals surface area contributed by atoms with Gasteiger partial charge in [-0.1, -0.05) is 19.9 Å². The van der Waals surface area contributed by atoms with Crippen LogP contribution in [0.25, 0.3) is 0 Å². The van der Waals surface area contributed by atoms with Crippen molar-refractivity contribution < 1.29 is 9.47 Å². The van der Waals surface area contributed by atoms with Crippen LogP contribution in [0.5, 0.6) is 5.75 Å². The summed E-state index contributed by atoms with van der Waals surface area (Å²) in [7, 11) is 0. The van der Waals surface area contributed by atoms with Gasteiger partial charge in [0.25, 0.3) is 0 Å². The van der Waals surface area contributed by atoms with E-state index >= 15 is 0 Å². The Hall–Kier alpha value is -1.55. The molecule has 0 fully saturated rings. The van der Waals surface area contributed by atoms with Crippen LogP contribution in [-0.4, -0.2) is 25.7 Å². The number of hydrogen-bond donors (Lipinski definition) is 2. The predicted octanol–water partition coefficient (Wildman–Crippen LogP) is 2.33. The van der Waals surface area contributed by atoms with Crippen LogP contribution in [0.3, 0.4) is 0 Å². The van der Waals surface area contributed by atoms with Crippen LogP contribution < -0.4 is 10.5 Å². The lowest BCUT2D eigenvalue weighted by molar-refractivity contribution is 0.0818. The molecular weight excluding hydrogens is 228 g/mol. The minimum atomic E-state index is 0.0214. The van der Waals surface area contributed by atoms with Gasteiger partial charge in [0, 0.05) is 6.61 Å². The molecule has 0 aliphatic rings. The van der Waals surface area contributed by atoms with Crippen LogP contribution >= 0.6 is 0 Å². The van der Waals surface area contributed by atoms with Crippen LogP contribution in [0, 0.1) is 18.3 Å².